The average Bonchev–Trinajstić information content (AvgIpc) is 3.46. The van der Waals surface area contributed by atoms with E-state index in [9.17, 15) is 19.6 Å². The second-order valence-electron chi connectivity index (χ2n) is 12.1. The second kappa shape index (κ2) is 11.1. The summed E-state index contributed by atoms with van der Waals surface area (Å²) in [5.41, 5.74) is 2.28. The average molecular weight is 655 g/mol. The van der Waals surface area contributed by atoms with E-state index in [1.54, 1.807) is 18.2 Å². The SMILES string of the molecule is COc1nc(N)nc2c1ncn2C1O[C@@H]2C(OP(=O)(N[C@@H](C)C(=O)OC3CCCC3)Oc3cccc4ccccc34)[C@]2(O)[C@@]1(C)O. The maximum atomic E-state index is 14.5. The molecule has 1 saturated heterocycles. The summed E-state index contributed by atoms with van der Waals surface area (Å²) in [5.74, 6) is -0.349. The fourth-order valence-electron chi connectivity index (χ4n) is 6.42. The van der Waals surface area contributed by atoms with E-state index in [1.165, 1.54) is 31.9 Å². The van der Waals surface area contributed by atoms with Gasteiger partial charge in [-0.25, -0.2) is 9.55 Å². The third-order valence-electron chi connectivity index (χ3n) is 8.96. The van der Waals surface area contributed by atoms with E-state index in [2.05, 4.69) is 20.0 Å². The van der Waals surface area contributed by atoms with Crippen molar-refractivity contribution in [2.75, 3.05) is 12.8 Å². The van der Waals surface area contributed by atoms with Crippen molar-refractivity contribution in [3.63, 3.8) is 0 Å². The first kappa shape index (κ1) is 30.8. The maximum Gasteiger partial charge on any atom is 0.459 e. The van der Waals surface area contributed by atoms with Crippen molar-refractivity contribution in [3.05, 3.63) is 48.8 Å². The predicted octanol–water partition coefficient (Wildman–Crippen LogP) is 3.00. The van der Waals surface area contributed by atoms with Gasteiger partial charge in [0.1, 0.15) is 35.7 Å². The van der Waals surface area contributed by atoms with Crippen LogP contribution in [0.3, 0.4) is 0 Å². The number of nitrogens with zero attached hydrogens (tertiary/aromatic N) is 4. The van der Waals surface area contributed by atoms with Gasteiger partial charge in [0.25, 0.3) is 0 Å². The lowest BCUT2D eigenvalue weighted by Gasteiger charge is -2.33. The molecule has 46 heavy (non-hydrogen) atoms. The number of fused-ring (bicyclic) bond motifs is 3. The Morgan fingerprint density at radius 1 is 1.17 bits per heavy atom. The molecule has 15 nitrogen and oxygen atoms in total. The lowest BCUT2D eigenvalue weighted by atomic mass is 9.95. The Kier molecular flexibility index (Phi) is 7.46. The van der Waals surface area contributed by atoms with Crippen molar-refractivity contribution in [2.45, 2.75) is 81.3 Å². The molecular weight excluding hydrogens is 619 g/mol. The Hall–Kier alpha value is -3.85. The van der Waals surface area contributed by atoms with Crippen LogP contribution in [0.4, 0.5) is 5.95 Å². The van der Waals surface area contributed by atoms with Crippen LogP contribution in [0.1, 0.15) is 45.8 Å². The van der Waals surface area contributed by atoms with Gasteiger partial charge in [-0.05, 0) is 51.0 Å². The minimum Gasteiger partial charge on any atom is -0.479 e. The van der Waals surface area contributed by atoms with E-state index in [1.807, 2.05) is 24.3 Å². The number of hydrogen-bond donors (Lipinski definition) is 4. The molecule has 5 N–H and O–H groups in total. The highest BCUT2D eigenvalue weighted by molar-refractivity contribution is 7.52. The summed E-state index contributed by atoms with van der Waals surface area (Å²) in [6.07, 6.45) is 0.971. The van der Waals surface area contributed by atoms with Crippen molar-refractivity contribution >= 4 is 41.6 Å². The summed E-state index contributed by atoms with van der Waals surface area (Å²) in [6.45, 7) is 2.86. The lowest BCUT2D eigenvalue weighted by Crippen LogP contribution is -2.49. The fourth-order valence-corrected chi connectivity index (χ4v) is 8.15. The fraction of sp³-hybridized carbons (Fsp3) is 0.467. The third kappa shape index (κ3) is 4.98. The Morgan fingerprint density at radius 2 is 1.91 bits per heavy atom. The van der Waals surface area contributed by atoms with E-state index in [4.69, 9.17) is 29.0 Å². The van der Waals surface area contributed by atoms with Crippen molar-refractivity contribution in [1.82, 2.24) is 24.6 Å². The Balaban J connectivity index is 1.17. The van der Waals surface area contributed by atoms with Crippen molar-refractivity contribution in [2.24, 2.45) is 0 Å². The molecule has 0 spiro atoms. The van der Waals surface area contributed by atoms with Gasteiger partial charge >= 0.3 is 13.7 Å². The monoisotopic (exact) mass is 654 g/mol. The van der Waals surface area contributed by atoms with Gasteiger partial charge in [-0.3, -0.25) is 13.9 Å². The quantitative estimate of drug-likeness (QED) is 0.144. The number of rotatable bonds is 10. The minimum atomic E-state index is -4.46. The Labute approximate surface area is 263 Å². The van der Waals surface area contributed by atoms with Gasteiger partial charge in [0.15, 0.2) is 23.0 Å². The molecule has 3 unspecified atom stereocenters. The molecule has 3 heterocycles. The van der Waals surface area contributed by atoms with Crippen LogP contribution in [-0.4, -0.2) is 78.4 Å². The molecule has 1 aliphatic heterocycles. The lowest BCUT2D eigenvalue weighted by molar-refractivity contribution is -0.155. The second-order valence-corrected chi connectivity index (χ2v) is 13.7. The summed E-state index contributed by atoms with van der Waals surface area (Å²) >= 11 is 0. The molecule has 2 aromatic carbocycles. The zero-order chi connectivity index (χ0) is 32.4. The molecule has 2 aliphatic carbocycles. The van der Waals surface area contributed by atoms with Crippen LogP contribution < -0.4 is 20.1 Å². The van der Waals surface area contributed by atoms with Crippen LogP contribution in [0.2, 0.25) is 0 Å². The largest absolute Gasteiger partial charge is 0.479 e. The first-order chi connectivity index (χ1) is 21.9. The summed E-state index contributed by atoms with van der Waals surface area (Å²) in [6, 6.07) is 11.5. The molecule has 3 fully saturated rings. The molecule has 2 saturated carbocycles. The van der Waals surface area contributed by atoms with Gasteiger partial charge in [-0.2, -0.15) is 15.1 Å². The number of nitrogen functional groups attached to an aromatic ring is 1. The molecule has 4 aromatic rings. The van der Waals surface area contributed by atoms with E-state index in [-0.39, 0.29) is 34.8 Å². The van der Waals surface area contributed by atoms with E-state index < -0.39 is 49.4 Å². The molecule has 2 aromatic heterocycles. The molecule has 0 bridgehead atoms. The highest BCUT2D eigenvalue weighted by Gasteiger charge is 2.84. The van der Waals surface area contributed by atoms with E-state index in [0.717, 1.165) is 31.1 Å². The normalized spacial score (nSPS) is 29.4. The van der Waals surface area contributed by atoms with Gasteiger partial charge in [-0.15, -0.1) is 0 Å². The summed E-state index contributed by atoms with van der Waals surface area (Å²) in [4.78, 5) is 25.5. The first-order valence-corrected chi connectivity index (χ1v) is 16.6. The van der Waals surface area contributed by atoms with E-state index >= 15 is 0 Å². The number of anilines is 1. The van der Waals surface area contributed by atoms with Gasteiger partial charge < -0.3 is 34.7 Å². The summed E-state index contributed by atoms with van der Waals surface area (Å²) in [7, 11) is -3.05. The number of benzene rings is 2. The number of aliphatic hydroxyl groups is 2. The van der Waals surface area contributed by atoms with Crippen LogP contribution in [0.15, 0.2) is 48.8 Å². The molecule has 244 valence electrons. The van der Waals surface area contributed by atoms with Crippen LogP contribution in [0.25, 0.3) is 21.9 Å². The third-order valence-corrected chi connectivity index (χ3v) is 10.6. The smallest absolute Gasteiger partial charge is 0.459 e. The summed E-state index contributed by atoms with van der Waals surface area (Å²) < 4.78 is 44.9. The number of aromatic nitrogens is 4. The number of ether oxygens (including phenoxy) is 3. The number of imidazole rings is 1. The number of carbonyl (C=O) groups excluding carboxylic acids is 1. The number of hydrogen-bond acceptors (Lipinski definition) is 13. The Morgan fingerprint density at radius 3 is 2.63 bits per heavy atom. The van der Waals surface area contributed by atoms with Gasteiger partial charge in [0.05, 0.1) is 13.4 Å². The number of methoxy groups -OCH3 is 1. The van der Waals surface area contributed by atoms with Crippen LogP contribution in [-0.2, 0) is 23.4 Å². The van der Waals surface area contributed by atoms with Crippen LogP contribution in [0, 0.1) is 0 Å². The van der Waals surface area contributed by atoms with Gasteiger partial charge in [0.2, 0.25) is 11.8 Å². The van der Waals surface area contributed by atoms with E-state index in [0.29, 0.717) is 5.39 Å². The van der Waals surface area contributed by atoms with Crippen molar-refractivity contribution in [3.8, 4) is 11.6 Å². The van der Waals surface area contributed by atoms with Crippen molar-refractivity contribution in [1.29, 1.82) is 0 Å². The summed E-state index contributed by atoms with van der Waals surface area (Å²) in [5, 5.41) is 27.7. The molecule has 7 rings (SSSR count). The predicted molar refractivity (Wildman–Crippen MR) is 164 cm³/mol. The molecule has 16 heteroatoms. The van der Waals surface area contributed by atoms with Crippen LogP contribution >= 0.6 is 7.75 Å². The standard InChI is InChI=1S/C30H35N6O9P/c1-16(26(37)42-18-11-5-6-12-18)35-46(40,44-20-14-8-10-17-9-4-7-13-19(17)20)45-23-22-30(23,39)29(2,38)27(43-22)36-15-32-21-24(36)33-28(31)34-25(21)41-3/h4,7-10,13-16,18,22-23,27,38-39H,5-6,11-12H2,1-3H3,(H,35,40)(H2,31,33,34)/t16-,22+,23?,27?,29-,30-,46?/m0/s1. The maximum absolute atomic E-state index is 14.5. The van der Waals surface area contributed by atoms with Gasteiger partial charge in [0, 0.05) is 5.39 Å². The number of nitrogens with two attached hydrogens (primary N) is 1. The number of esters is 1. The molecular formula is C30H35N6O9P. The Bertz CT molecular complexity index is 1860. The number of carbonyl (C=O) groups is 1. The van der Waals surface area contributed by atoms with Gasteiger partial charge in [-0.1, -0.05) is 36.4 Å². The number of nitrogens with one attached hydrogen (secondary N) is 1. The van der Waals surface area contributed by atoms with Crippen LogP contribution in [0.5, 0.6) is 11.6 Å². The first-order valence-electron chi connectivity index (χ1n) is 15.0. The zero-order valence-corrected chi connectivity index (χ0v) is 26.3. The highest BCUT2D eigenvalue weighted by Crippen LogP contribution is 2.65. The zero-order valence-electron chi connectivity index (χ0n) is 25.4. The molecule has 0 radical (unpaired) electrons. The minimum absolute atomic E-state index is 0.0907. The highest BCUT2D eigenvalue weighted by atomic mass is 31.2. The molecule has 7 atom stereocenters. The molecule has 3 aliphatic rings. The molecule has 0 amide bonds. The topological polar surface area (TPSA) is 202 Å². The van der Waals surface area contributed by atoms with Crippen molar-refractivity contribution < 1.29 is 42.8 Å².